The molecule has 3 heterocycles. The Balaban J connectivity index is 1.69. The number of nitrogens with zero attached hydrogens (tertiary/aromatic N) is 5. The average molecular weight is 416 g/mol. The third kappa shape index (κ3) is 3.84. The highest BCUT2D eigenvalue weighted by Gasteiger charge is 2.22. The van der Waals surface area contributed by atoms with E-state index in [0.717, 1.165) is 39.1 Å². The first-order chi connectivity index (χ1) is 15.0. The highest BCUT2D eigenvalue weighted by Crippen LogP contribution is 2.28. The molecule has 1 saturated heterocycles. The number of aromatic nitrogens is 3. The number of nitrogens with two attached hydrogens (primary N) is 1. The van der Waals surface area contributed by atoms with E-state index in [4.69, 9.17) is 11.1 Å². The lowest BCUT2D eigenvalue weighted by atomic mass is 9.96. The Labute approximate surface area is 180 Å². The normalized spacial score (nSPS) is 14.0. The number of benzene rings is 1. The van der Waals surface area contributed by atoms with E-state index in [2.05, 4.69) is 26.4 Å². The third-order valence-electron chi connectivity index (χ3n) is 5.79. The summed E-state index contributed by atoms with van der Waals surface area (Å²) in [7, 11) is 0. The van der Waals surface area contributed by atoms with E-state index >= 15 is 0 Å². The van der Waals surface area contributed by atoms with Crippen LogP contribution in [0.5, 0.6) is 0 Å². The fraction of sp³-hybridized carbons (Fsp3) is 0.261. The van der Waals surface area contributed by atoms with Crippen molar-refractivity contribution in [2.45, 2.75) is 13.3 Å². The molecule has 0 radical (unpaired) electrons. The van der Waals surface area contributed by atoms with E-state index in [0.29, 0.717) is 38.3 Å². The van der Waals surface area contributed by atoms with Crippen molar-refractivity contribution >= 4 is 34.5 Å². The van der Waals surface area contributed by atoms with Gasteiger partial charge in [-0.1, -0.05) is 12.6 Å². The number of rotatable bonds is 5. The molecule has 1 fully saturated rings. The number of pyridine rings is 1. The van der Waals surface area contributed by atoms with Crippen LogP contribution in [0.15, 0.2) is 43.4 Å². The van der Waals surface area contributed by atoms with Gasteiger partial charge in [0.25, 0.3) is 0 Å². The fourth-order valence-electron chi connectivity index (χ4n) is 4.05. The molecule has 0 aliphatic carbocycles. The van der Waals surface area contributed by atoms with Crippen molar-refractivity contribution in [1.82, 2.24) is 19.9 Å². The first-order valence-electron chi connectivity index (χ1n) is 10.2. The van der Waals surface area contributed by atoms with Crippen molar-refractivity contribution in [1.29, 1.82) is 5.41 Å². The summed E-state index contributed by atoms with van der Waals surface area (Å²) in [6.45, 7) is 8.21. The van der Waals surface area contributed by atoms with Gasteiger partial charge < -0.3 is 20.9 Å². The molecule has 3 N–H and O–H groups in total. The number of carbonyl (C=O) groups is 1. The van der Waals surface area contributed by atoms with E-state index in [-0.39, 0.29) is 5.91 Å². The van der Waals surface area contributed by atoms with E-state index in [1.807, 2.05) is 25.1 Å². The van der Waals surface area contributed by atoms with Crippen LogP contribution in [0.25, 0.3) is 10.9 Å². The maximum absolute atomic E-state index is 11.9. The maximum Gasteiger partial charge on any atom is 0.246 e. The first-order valence-corrected chi connectivity index (χ1v) is 10.2. The summed E-state index contributed by atoms with van der Waals surface area (Å²) in [4.78, 5) is 29.5. The van der Waals surface area contributed by atoms with Crippen LogP contribution < -0.4 is 10.6 Å². The number of aryl methyl sites for hydroxylation is 1. The van der Waals surface area contributed by atoms with Crippen molar-refractivity contribution < 1.29 is 4.79 Å². The molecular weight excluding hydrogens is 390 g/mol. The number of hydrogen-bond acceptors (Lipinski definition) is 7. The fourth-order valence-corrected chi connectivity index (χ4v) is 4.05. The molecule has 3 aromatic rings. The van der Waals surface area contributed by atoms with Gasteiger partial charge >= 0.3 is 0 Å². The molecule has 8 nitrogen and oxygen atoms in total. The summed E-state index contributed by atoms with van der Waals surface area (Å²) >= 11 is 0. The molecule has 1 aliphatic rings. The second-order valence-corrected chi connectivity index (χ2v) is 7.55. The van der Waals surface area contributed by atoms with Crippen LogP contribution in [0.4, 0.5) is 11.5 Å². The van der Waals surface area contributed by atoms with Gasteiger partial charge in [0.15, 0.2) is 0 Å². The summed E-state index contributed by atoms with van der Waals surface area (Å²) in [5, 5.41) is 8.71. The molecule has 4 rings (SSSR count). The number of nitrogens with one attached hydrogen (secondary N) is 1. The average Bonchev–Trinajstić information content (AvgIpc) is 2.81. The van der Waals surface area contributed by atoms with Gasteiger partial charge in [0, 0.05) is 61.6 Å². The Morgan fingerprint density at radius 3 is 2.68 bits per heavy atom. The van der Waals surface area contributed by atoms with E-state index < -0.39 is 0 Å². The molecule has 1 aromatic carbocycles. The Bertz CT molecular complexity index is 1170. The topological polar surface area (TPSA) is 112 Å². The smallest absolute Gasteiger partial charge is 0.246 e. The van der Waals surface area contributed by atoms with Crippen LogP contribution in [0.1, 0.15) is 22.4 Å². The highest BCUT2D eigenvalue weighted by atomic mass is 16.2. The minimum atomic E-state index is -0.0433. The van der Waals surface area contributed by atoms with Gasteiger partial charge in [-0.3, -0.25) is 9.78 Å². The van der Waals surface area contributed by atoms with Gasteiger partial charge in [-0.15, -0.1) is 0 Å². The van der Waals surface area contributed by atoms with Crippen molar-refractivity contribution in [2.24, 2.45) is 0 Å². The molecule has 0 spiro atoms. The maximum atomic E-state index is 11.9. The van der Waals surface area contributed by atoms with Crippen molar-refractivity contribution in [3.63, 3.8) is 0 Å². The minimum Gasteiger partial charge on any atom is -0.398 e. The van der Waals surface area contributed by atoms with Crippen LogP contribution in [0.3, 0.4) is 0 Å². The van der Waals surface area contributed by atoms with Crippen LogP contribution in [0, 0.1) is 12.3 Å². The van der Waals surface area contributed by atoms with Crippen LogP contribution in [-0.4, -0.2) is 58.2 Å². The molecule has 0 atom stereocenters. The summed E-state index contributed by atoms with van der Waals surface area (Å²) in [5.41, 5.74) is 11.0. The Hall–Kier alpha value is -3.81. The second-order valence-electron chi connectivity index (χ2n) is 7.55. The van der Waals surface area contributed by atoms with E-state index in [1.165, 1.54) is 12.3 Å². The van der Waals surface area contributed by atoms with Crippen molar-refractivity contribution in [3.8, 4) is 0 Å². The van der Waals surface area contributed by atoms with Crippen LogP contribution in [-0.2, 0) is 11.2 Å². The van der Waals surface area contributed by atoms with E-state index in [1.54, 1.807) is 17.4 Å². The van der Waals surface area contributed by atoms with Gasteiger partial charge in [0.1, 0.15) is 12.1 Å². The number of anilines is 2. The third-order valence-corrected chi connectivity index (χ3v) is 5.79. The Kier molecular flexibility index (Phi) is 5.62. The van der Waals surface area contributed by atoms with Crippen LogP contribution >= 0.6 is 0 Å². The van der Waals surface area contributed by atoms with Gasteiger partial charge in [-0.05, 0) is 36.3 Å². The molecule has 0 saturated carbocycles. The number of carbonyl (C=O) groups excluding carboxylic acids is 1. The molecule has 1 amide bonds. The summed E-state index contributed by atoms with van der Waals surface area (Å²) in [6, 6.07) is 5.72. The summed E-state index contributed by atoms with van der Waals surface area (Å²) in [6.07, 6.45) is 6.51. The molecule has 158 valence electrons. The predicted molar refractivity (Wildman–Crippen MR) is 123 cm³/mol. The lowest BCUT2D eigenvalue weighted by Gasteiger charge is -2.35. The molecule has 31 heavy (non-hydrogen) atoms. The molecule has 1 aliphatic heterocycles. The van der Waals surface area contributed by atoms with Gasteiger partial charge in [-0.2, -0.15) is 0 Å². The van der Waals surface area contributed by atoms with Gasteiger partial charge in [-0.25, -0.2) is 9.97 Å². The number of hydrogen-bond donors (Lipinski definition) is 2. The molecular formula is C23H25N7O. The first kappa shape index (κ1) is 20.5. The lowest BCUT2D eigenvalue weighted by molar-refractivity contribution is -0.126. The lowest BCUT2D eigenvalue weighted by Crippen LogP contribution is -2.48. The Morgan fingerprint density at radius 1 is 1.19 bits per heavy atom. The number of fused-ring (bicyclic) bond motifs is 1. The molecule has 0 unspecified atom stereocenters. The monoisotopic (exact) mass is 415 g/mol. The minimum absolute atomic E-state index is 0.0433. The number of amides is 1. The summed E-state index contributed by atoms with van der Waals surface area (Å²) in [5.74, 6) is 0.800. The molecule has 0 bridgehead atoms. The standard InChI is InChI=1S/C23H25N7O/c1-3-21(31)29-8-10-30(11-9-29)23-16-6-7-26-20(22(16)27-14-28-23)12-17-15(2)4-5-19(25)18(17)13-24/h3-7,13-14,24H,1,8-12,25H2,2H3. The zero-order valence-electron chi connectivity index (χ0n) is 17.5. The van der Waals surface area contributed by atoms with E-state index in [9.17, 15) is 4.79 Å². The zero-order chi connectivity index (χ0) is 22.0. The predicted octanol–water partition coefficient (Wildman–Crippen LogP) is 2.34. The summed E-state index contributed by atoms with van der Waals surface area (Å²) < 4.78 is 0. The second kappa shape index (κ2) is 8.51. The number of nitrogen functional groups attached to an aromatic ring is 1. The Morgan fingerprint density at radius 2 is 1.97 bits per heavy atom. The zero-order valence-corrected chi connectivity index (χ0v) is 17.5. The van der Waals surface area contributed by atoms with Crippen molar-refractivity contribution in [2.75, 3.05) is 36.8 Å². The van der Waals surface area contributed by atoms with Gasteiger partial charge in [0.05, 0.1) is 11.2 Å². The largest absolute Gasteiger partial charge is 0.398 e. The SMILES string of the molecule is C=CC(=O)N1CCN(c2ncnc3c(Cc4c(C)ccc(N)c4C=N)nccc23)CC1. The molecule has 8 heteroatoms. The number of piperazine rings is 1. The quantitative estimate of drug-likeness (QED) is 0.376. The highest BCUT2D eigenvalue weighted by molar-refractivity contribution is 5.92. The van der Waals surface area contributed by atoms with Crippen LogP contribution in [0.2, 0.25) is 0 Å². The molecule has 2 aromatic heterocycles. The van der Waals surface area contributed by atoms with Crippen molar-refractivity contribution in [3.05, 3.63) is 65.8 Å². The van der Waals surface area contributed by atoms with Gasteiger partial charge in [0.2, 0.25) is 5.91 Å².